The molecule has 1 rings (SSSR count). The number of hydroxylamine groups is 2. The van der Waals surface area contributed by atoms with Gasteiger partial charge in [-0.25, -0.2) is 4.79 Å². The van der Waals surface area contributed by atoms with Gasteiger partial charge in [0.1, 0.15) is 11.4 Å². The number of hydrogen-bond donors (Lipinski definition) is 0. The first-order valence-corrected chi connectivity index (χ1v) is 6.49. The number of Topliss-reactive ketones (excluding diaryl/α,β-unsaturated/α-hetero) is 1. The summed E-state index contributed by atoms with van der Waals surface area (Å²) in [5, 5.41) is 1.61. The quantitative estimate of drug-likeness (QED) is 0.706. The van der Waals surface area contributed by atoms with Gasteiger partial charge in [-0.1, -0.05) is 0 Å². The van der Waals surface area contributed by atoms with Crippen molar-refractivity contribution in [2.24, 2.45) is 5.92 Å². The lowest BCUT2D eigenvalue weighted by Gasteiger charge is -2.39. The minimum Gasteiger partial charge on any atom is -0.444 e. The van der Waals surface area contributed by atoms with E-state index in [9.17, 15) is 9.59 Å². The maximum atomic E-state index is 11.8. The van der Waals surface area contributed by atoms with Gasteiger partial charge in [0, 0.05) is 33.1 Å². The number of ether oxygens (including phenoxy) is 1. The van der Waals surface area contributed by atoms with Crippen molar-refractivity contribution in [1.29, 1.82) is 0 Å². The molecular formula is C13H24N2O4. The fourth-order valence-corrected chi connectivity index (χ4v) is 1.72. The molecule has 1 saturated heterocycles. The van der Waals surface area contributed by atoms with E-state index in [2.05, 4.69) is 0 Å². The lowest BCUT2D eigenvalue weighted by Crippen LogP contribution is -2.54. The minimum absolute atomic E-state index is 0.0576. The van der Waals surface area contributed by atoms with Gasteiger partial charge in [-0.3, -0.25) is 4.79 Å². The highest BCUT2D eigenvalue weighted by atomic mass is 16.7. The number of carbonyl (C=O) groups is 2. The van der Waals surface area contributed by atoms with Crippen molar-refractivity contribution in [2.75, 3.05) is 33.8 Å². The van der Waals surface area contributed by atoms with Crippen LogP contribution in [0, 0.1) is 5.92 Å². The van der Waals surface area contributed by atoms with Gasteiger partial charge >= 0.3 is 6.09 Å². The third-order valence-electron chi connectivity index (χ3n) is 2.97. The van der Waals surface area contributed by atoms with Crippen molar-refractivity contribution in [2.45, 2.75) is 32.8 Å². The van der Waals surface area contributed by atoms with Crippen LogP contribution >= 0.6 is 0 Å². The molecule has 6 nitrogen and oxygen atoms in total. The molecule has 6 heteroatoms. The summed E-state index contributed by atoms with van der Waals surface area (Å²) < 4.78 is 5.23. The van der Waals surface area contributed by atoms with Crippen LogP contribution in [0.15, 0.2) is 0 Å². The molecule has 1 heterocycles. The maximum absolute atomic E-state index is 11.8. The smallest absolute Gasteiger partial charge is 0.410 e. The predicted molar refractivity (Wildman–Crippen MR) is 70.6 cm³/mol. The fourth-order valence-electron chi connectivity index (χ4n) is 1.72. The van der Waals surface area contributed by atoms with Crippen molar-refractivity contribution in [1.82, 2.24) is 9.96 Å². The number of nitrogens with zero attached hydrogens (tertiary/aromatic N) is 2. The summed E-state index contributed by atoms with van der Waals surface area (Å²) in [6.07, 6.45) is 0.0996. The van der Waals surface area contributed by atoms with E-state index in [1.807, 2.05) is 20.8 Å². The van der Waals surface area contributed by atoms with Crippen molar-refractivity contribution in [3.05, 3.63) is 0 Å². The van der Waals surface area contributed by atoms with Gasteiger partial charge in [-0.15, -0.1) is 0 Å². The minimum atomic E-state index is -0.493. The molecule has 0 aliphatic carbocycles. The summed E-state index contributed by atoms with van der Waals surface area (Å²) in [5.41, 5.74) is -0.493. The van der Waals surface area contributed by atoms with Crippen molar-refractivity contribution < 1.29 is 19.2 Å². The molecule has 1 amide bonds. The van der Waals surface area contributed by atoms with Gasteiger partial charge in [0.2, 0.25) is 0 Å². The Morgan fingerprint density at radius 2 is 1.89 bits per heavy atom. The first-order chi connectivity index (χ1) is 8.73. The number of amides is 1. The Hall–Kier alpha value is -1.14. The second-order valence-electron chi connectivity index (χ2n) is 5.83. The van der Waals surface area contributed by atoms with Crippen LogP contribution < -0.4 is 0 Å². The van der Waals surface area contributed by atoms with Crippen molar-refractivity contribution in [3.63, 3.8) is 0 Å². The van der Waals surface area contributed by atoms with Crippen LogP contribution in [0.2, 0.25) is 0 Å². The maximum Gasteiger partial charge on any atom is 0.410 e. The van der Waals surface area contributed by atoms with Crippen molar-refractivity contribution >= 4 is 11.9 Å². The average Bonchev–Trinajstić information content (AvgIpc) is 2.21. The molecule has 1 aliphatic heterocycles. The molecule has 0 bridgehead atoms. The summed E-state index contributed by atoms with van der Waals surface area (Å²) in [4.78, 5) is 30.0. The lowest BCUT2D eigenvalue weighted by molar-refractivity contribution is -0.135. The van der Waals surface area contributed by atoms with Gasteiger partial charge in [-0.2, -0.15) is 5.06 Å². The van der Waals surface area contributed by atoms with E-state index >= 15 is 0 Å². The number of hydrogen-bond acceptors (Lipinski definition) is 5. The molecular weight excluding hydrogens is 248 g/mol. The summed E-state index contributed by atoms with van der Waals surface area (Å²) in [6.45, 7) is 6.98. The number of likely N-dealkylation sites (tertiary alicyclic amines) is 1. The molecule has 0 aromatic carbocycles. The van der Waals surface area contributed by atoms with Gasteiger partial charge < -0.3 is 14.5 Å². The molecule has 0 atom stereocenters. The van der Waals surface area contributed by atoms with E-state index in [-0.39, 0.29) is 17.8 Å². The van der Waals surface area contributed by atoms with Crippen LogP contribution in [0.3, 0.4) is 0 Å². The first-order valence-electron chi connectivity index (χ1n) is 6.49. The van der Waals surface area contributed by atoms with Gasteiger partial charge in [0.15, 0.2) is 0 Å². The third-order valence-corrected chi connectivity index (χ3v) is 2.97. The normalized spacial score (nSPS) is 16.4. The summed E-state index contributed by atoms with van der Waals surface area (Å²) in [7, 11) is 3.35. The molecule has 110 valence electrons. The number of ketones is 1. The monoisotopic (exact) mass is 272 g/mol. The van der Waals surface area contributed by atoms with E-state index in [4.69, 9.17) is 9.57 Å². The topological polar surface area (TPSA) is 59.1 Å². The highest BCUT2D eigenvalue weighted by Crippen LogP contribution is 2.21. The molecule has 0 N–H and O–H groups in total. The average molecular weight is 272 g/mol. The molecule has 1 fully saturated rings. The zero-order valence-corrected chi connectivity index (χ0v) is 12.4. The first kappa shape index (κ1) is 15.9. The Kier molecular flexibility index (Phi) is 5.31. The van der Waals surface area contributed by atoms with Crippen LogP contribution in [0.1, 0.15) is 27.2 Å². The van der Waals surface area contributed by atoms with Crippen LogP contribution in [0.5, 0.6) is 0 Å². The molecule has 0 saturated carbocycles. The summed E-state index contributed by atoms with van der Waals surface area (Å²) >= 11 is 0. The highest BCUT2D eigenvalue weighted by Gasteiger charge is 2.37. The zero-order valence-electron chi connectivity index (χ0n) is 12.4. The largest absolute Gasteiger partial charge is 0.444 e. The number of carbonyl (C=O) groups excluding carboxylic acids is 2. The molecule has 0 aromatic rings. The zero-order chi connectivity index (χ0) is 14.6. The molecule has 1 aliphatic rings. The molecule has 0 unspecified atom stereocenters. The van der Waals surface area contributed by atoms with E-state index in [0.29, 0.717) is 26.1 Å². The Bertz CT molecular complexity index is 332. The second kappa shape index (κ2) is 6.34. The van der Waals surface area contributed by atoms with Gasteiger partial charge in [0.25, 0.3) is 0 Å². The van der Waals surface area contributed by atoms with Crippen LogP contribution in [-0.2, 0) is 14.4 Å². The Balaban J connectivity index is 2.26. The van der Waals surface area contributed by atoms with E-state index in [0.717, 1.165) is 0 Å². The van der Waals surface area contributed by atoms with Crippen molar-refractivity contribution in [3.8, 4) is 0 Å². The Labute approximate surface area is 114 Å². The molecule has 19 heavy (non-hydrogen) atoms. The second-order valence-corrected chi connectivity index (χ2v) is 5.83. The Morgan fingerprint density at radius 3 is 2.37 bits per heavy atom. The van der Waals surface area contributed by atoms with Crippen LogP contribution in [0.4, 0.5) is 4.79 Å². The summed E-state index contributed by atoms with van der Waals surface area (Å²) in [5.74, 6) is 0.112. The van der Waals surface area contributed by atoms with Gasteiger partial charge in [-0.05, 0) is 20.8 Å². The molecule has 0 radical (unpaired) electrons. The van der Waals surface area contributed by atoms with Gasteiger partial charge in [0.05, 0.1) is 13.0 Å². The van der Waals surface area contributed by atoms with E-state index < -0.39 is 5.60 Å². The van der Waals surface area contributed by atoms with Crippen LogP contribution in [-0.4, -0.2) is 61.2 Å². The number of rotatable bonds is 5. The lowest BCUT2D eigenvalue weighted by atomic mass is 9.94. The molecule has 0 aromatic heterocycles. The third kappa shape index (κ3) is 5.16. The van der Waals surface area contributed by atoms with E-state index in [1.54, 1.807) is 24.1 Å². The van der Waals surface area contributed by atoms with E-state index in [1.165, 1.54) is 0 Å². The Morgan fingerprint density at radius 1 is 1.32 bits per heavy atom. The SMILES string of the molecule is CON(C)CCC(=O)C1CN(C(=O)OC(C)(C)C)C1. The fraction of sp³-hybridized carbons (Fsp3) is 0.846. The standard InChI is InChI=1S/C13H24N2O4/c1-13(2,3)19-12(17)15-8-10(9-15)11(16)6-7-14(4)18-5/h10H,6-9H2,1-5H3. The predicted octanol–water partition coefficient (Wildman–Crippen LogP) is 1.31. The highest BCUT2D eigenvalue weighted by molar-refractivity contribution is 5.84. The molecule has 0 spiro atoms. The van der Waals surface area contributed by atoms with Crippen LogP contribution in [0.25, 0.3) is 0 Å². The summed E-state index contributed by atoms with van der Waals surface area (Å²) in [6, 6.07) is 0.